The molecule has 1 saturated heterocycles. The molecule has 0 spiro atoms. The minimum Gasteiger partial charge on any atom is -0.397 e. The normalized spacial score (nSPS) is 18.5. The average Bonchev–Trinajstić information content (AvgIpc) is 2.30. The molecule has 1 aliphatic heterocycles. The Balaban J connectivity index is 2.21. The summed E-state index contributed by atoms with van der Waals surface area (Å²) < 4.78 is 5.30. The molecule has 1 atom stereocenters. The highest BCUT2D eigenvalue weighted by Gasteiger charge is 2.14. The van der Waals surface area contributed by atoms with Crippen LogP contribution in [0.3, 0.4) is 0 Å². The second-order valence-corrected chi connectivity index (χ2v) is 4.09. The van der Waals surface area contributed by atoms with Gasteiger partial charge in [0.25, 0.3) is 0 Å². The number of benzene rings is 1. The predicted octanol–water partition coefficient (Wildman–Crippen LogP) is 1.16. The number of aliphatic hydroxyl groups is 1. The number of hydrogen-bond acceptors (Lipinski definition) is 4. The molecule has 1 heterocycles. The van der Waals surface area contributed by atoms with Crippen LogP contribution >= 0.6 is 0 Å². The highest BCUT2D eigenvalue weighted by atomic mass is 16.5. The molecule has 0 bridgehead atoms. The van der Waals surface area contributed by atoms with E-state index in [0.29, 0.717) is 0 Å². The number of hydrogen-bond donors (Lipinski definition) is 2. The van der Waals surface area contributed by atoms with Crippen LogP contribution < -0.4 is 10.6 Å². The topological polar surface area (TPSA) is 58.7 Å². The quantitative estimate of drug-likeness (QED) is 0.737. The van der Waals surface area contributed by atoms with Crippen molar-refractivity contribution in [2.75, 3.05) is 36.9 Å². The maximum absolute atomic E-state index is 9.46. The summed E-state index contributed by atoms with van der Waals surface area (Å²) in [5.41, 5.74) is 8.61. The molecule has 0 amide bonds. The van der Waals surface area contributed by atoms with E-state index in [2.05, 4.69) is 4.90 Å². The summed E-state index contributed by atoms with van der Waals surface area (Å²) in [5.74, 6) is 0. The minimum absolute atomic E-state index is 0.471. The maximum Gasteiger partial charge on any atom is 0.0762 e. The second-order valence-electron chi connectivity index (χ2n) is 4.09. The third-order valence-electron chi connectivity index (χ3n) is 2.89. The zero-order valence-corrected chi connectivity index (χ0v) is 9.52. The molecule has 4 nitrogen and oxygen atoms in total. The van der Waals surface area contributed by atoms with Gasteiger partial charge in [-0.2, -0.15) is 0 Å². The van der Waals surface area contributed by atoms with Gasteiger partial charge in [-0.15, -0.1) is 0 Å². The fourth-order valence-electron chi connectivity index (χ4n) is 1.93. The molecular weight excluding hydrogens is 204 g/mol. The standard InChI is InChI=1S/C12H18N2O2/c1-9(15)10-2-3-12(11(13)8-10)14-4-6-16-7-5-14/h2-3,8-9,15H,4-7,13H2,1H3/t9-/m1/s1. The van der Waals surface area contributed by atoms with E-state index < -0.39 is 6.10 Å². The lowest BCUT2D eigenvalue weighted by atomic mass is 10.1. The molecule has 1 aromatic carbocycles. The van der Waals surface area contributed by atoms with Gasteiger partial charge in [0.05, 0.1) is 30.7 Å². The number of anilines is 2. The molecule has 16 heavy (non-hydrogen) atoms. The number of nitrogens with zero attached hydrogens (tertiary/aromatic N) is 1. The van der Waals surface area contributed by atoms with Gasteiger partial charge in [-0.05, 0) is 24.6 Å². The van der Waals surface area contributed by atoms with Crippen LogP contribution in [0.4, 0.5) is 11.4 Å². The summed E-state index contributed by atoms with van der Waals surface area (Å²) in [6.07, 6.45) is -0.471. The van der Waals surface area contributed by atoms with Gasteiger partial charge >= 0.3 is 0 Å². The summed E-state index contributed by atoms with van der Waals surface area (Å²) in [4.78, 5) is 2.21. The first-order valence-corrected chi connectivity index (χ1v) is 5.58. The van der Waals surface area contributed by atoms with E-state index in [-0.39, 0.29) is 0 Å². The zero-order valence-electron chi connectivity index (χ0n) is 9.52. The summed E-state index contributed by atoms with van der Waals surface area (Å²) >= 11 is 0. The Labute approximate surface area is 95.6 Å². The Morgan fingerprint density at radius 2 is 2.06 bits per heavy atom. The lowest BCUT2D eigenvalue weighted by molar-refractivity contribution is 0.123. The lowest BCUT2D eigenvalue weighted by Crippen LogP contribution is -2.36. The molecule has 1 fully saturated rings. The molecule has 88 valence electrons. The molecule has 3 N–H and O–H groups in total. The number of nitrogens with two attached hydrogens (primary N) is 1. The Kier molecular flexibility index (Phi) is 3.31. The Morgan fingerprint density at radius 3 is 2.62 bits per heavy atom. The third-order valence-corrected chi connectivity index (χ3v) is 2.89. The van der Waals surface area contributed by atoms with E-state index in [1.165, 1.54) is 0 Å². The highest BCUT2D eigenvalue weighted by molar-refractivity contribution is 5.68. The van der Waals surface area contributed by atoms with E-state index in [0.717, 1.165) is 43.2 Å². The van der Waals surface area contributed by atoms with E-state index >= 15 is 0 Å². The maximum atomic E-state index is 9.46. The lowest BCUT2D eigenvalue weighted by Gasteiger charge is -2.30. The predicted molar refractivity (Wildman–Crippen MR) is 64.5 cm³/mol. The van der Waals surface area contributed by atoms with Crippen LogP contribution in [0.15, 0.2) is 18.2 Å². The number of aliphatic hydroxyl groups excluding tert-OH is 1. The fraction of sp³-hybridized carbons (Fsp3) is 0.500. The average molecular weight is 222 g/mol. The van der Waals surface area contributed by atoms with Crippen molar-refractivity contribution in [1.82, 2.24) is 0 Å². The summed E-state index contributed by atoms with van der Waals surface area (Å²) in [6, 6.07) is 5.74. The zero-order chi connectivity index (χ0) is 11.5. The van der Waals surface area contributed by atoms with Crippen LogP contribution in [0.25, 0.3) is 0 Å². The first-order chi connectivity index (χ1) is 7.68. The van der Waals surface area contributed by atoms with E-state index in [4.69, 9.17) is 10.5 Å². The number of rotatable bonds is 2. The molecule has 0 radical (unpaired) electrons. The van der Waals surface area contributed by atoms with Crippen molar-refractivity contribution in [3.63, 3.8) is 0 Å². The van der Waals surface area contributed by atoms with Crippen molar-refractivity contribution in [2.45, 2.75) is 13.0 Å². The van der Waals surface area contributed by atoms with Gasteiger partial charge in [0, 0.05) is 13.1 Å². The van der Waals surface area contributed by atoms with Crippen LogP contribution in [0.5, 0.6) is 0 Å². The van der Waals surface area contributed by atoms with Gasteiger partial charge in [0.15, 0.2) is 0 Å². The highest BCUT2D eigenvalue weighted by Crippen LogP contribution is 2.27. The fourth-order valence-corrected chi connectivity index (χ4v) is 1.93. The van der Waals surface area contributed by atoms with E-state index in [1.54, 1.807) is 6.92 Å². The van der Waals surface area contributed by atoms with E-state index in [9.17, 15) is 5.11 Å². The SMILES string of the molecule is C[C@@H](O)c1ccc(N2CCOCC2)c(N)c1. The van der Waals surface area contributed by atoms with Gasteiger partial charge in [-0.25, -0.2) is 0 Å². The largest absolute Gasteiger partial charge is 0.397 e. The van der Waals surface area contributed by atoms with Crippen molar-refractivity contribution in [1.29, 1.82) is 0 Å². The summed E-state index contributed by atoms with van der Waals surface area (Å²) in [5, 5.41) is 9.46. The summed E-state index contributed by atoms with van der Waals surface area (Å²) in [7, 11) is 0. The number of morpholine rings is 1. The molecule has 0 aliphatic carbocycles. The van der Waals surface area contributed by atoms with Crippen molar-refractivity contribution < 1.29 is 9.84 Å². The minimum atomic E-state index is -0.471. The number of nitrogen functional groups attached to an aromatic ring is 1. The Bertz CT molecular complexity index is 360. The van der Waals surface area contributed by atoms with Crippen molar-refractivity contribution in [3.05, 3.63) is 23.8 Å². The van der Waals surface area contributed by atoms with Crippen molar-refractivity contribution >= 4 is 11.4 Å². The van der Waals surface area contributed by atoms with Gasteiger partial charge < -0.3 is 20.5 Å². The molecule has 1 aliphatic rings. The molecule has 4 heteroatoms. The third kappa shape index (κ3) is 2.28. The molecule has 0 saturated carbocycles. The van der Waals surface area contributed by atoms with Crippen LogP contribution in [-0.4, -0.2) is 31.4 Å². The van der Waals surface area contributed by atoms with Gasteiger partial charge in [0.1, 0.15) is 0 Å². The smallest absolute Gasteiger partial charge is 0.0762 e. The molecule has 0 unspecified atom stereocenters. The Morgan fingerprint density at radius 1 is 1.38 bits per heavy atom. The van der Waals surface area contributed by atoms with Crippen LogP contribution in [0.1, 0.15) is 18.6 Å². The number of ether oxygens (including phenoxy) is 1. The second kappa shape index (κ2) is 4.72. The first-order valence-electron chi connectivity index (χ1n) is 5.58. The van der Waals surface area contributed by atoms with Crippen LogP contribution in [0, 0.1) is 0 Å². The molecule has 1 aromatic rings. The van der Waals surface area contributed by atoms with Crippen LogP contribution in [-0.2, 0) is 4.74 Å². The van der Waals surface area contributed by atoms with E-state index in [1.807, 2.05) is 18.2 Å². The van der Waals surface area contributed by atoms with Gasteiger partial charge in [-0.1, -0.05) is 6.07 Å². The van der Waals surface area contributed by atoms with Crippen LogP contribution in [0.2, 0.25) is 0 Å². The van der Waals surface area contributed by atoms with Crippen molar-refractivity contribution in [2.24, 2.45) is 0 Å². The van der Waals surface area contributed by atoms with Crippen molar-refractivity contribution in [3.8, 4) is 0 Å². The summed E-state index contributed by atoms with van der Waals surface area (Å²) in [6.45, 7) is 4.98. The molecular formula is C12H18N2O2. The van der Waals surface area contributed by atoms with Gasteiger partial charge in [0.2, 0.25) is 0 Å². The monoisotopic (exact) mass is 222 g/mol. The van der Waals surface area contributed by atoms with Gasteiger partial charge in [-0.3, -0.25) is 0 Å². The molecule has 0 aromatic heterocycles. The molecule has 2 rings (SSSR count). The Hall–Kier alpha value is -1.26. The first kappa shape index (κ1) is 11.2.